The second-order valence-electron chi connectivity index (χ2n) is 4.53. The summed E-state index contributed by atoms with van der Waals surface area (Å²) in [5.74, 6) is -0.443. The predicted octanol–water partition coefficient (Wildman–Crippen LogP) is 3.84. The fourth-order valence-electron chi connectivity index (χ4n) is 1.91. The normalized spacial score (nSPS) is 10.2. The predicted molar refractivity (Wildman–Crippen MR) is 83.2 cm³/mol. The van der Waals surface area contributed by atoms with Crippen molar-refractivity contribution in [1.82, 2.24) is 5.32 Å². The van der Waals surface area contributed by atoms with Gasteiger partial charge in [0.2, 0.25) is 0 Å². The Morgan fingerprint density at radius 2 is 2.05 bits per heavy atom. The molecule has 0 saturated carbocycles. The molecule has 0 atom stereocenters. The monoisotopic (exact) mass is 306 g/mol. The average Bonchev–Trinajstić information content (AvgIpc) is 2.49. The summed E-state index contributed by atoms with van der Waals surface area (Å²) >= 11 is 5.85. The van der Waals surface area contributed by atoms with Crippen LogP contribution in [0.15, 0.2) is 42.5 Å². The molecule has 2 N–H and O–H groups in total. The first kappa shape index (κ1) is 15.3. The number of nitrogens with one attached hydrogen (secondary N) is 2. The van der Waals surface area contributed by atoms with Crippen molar-refractivity contribution in [3.05, 3.63) is 64.4 Å². The number of anilines is 1. The van der Waals surface area contributed by atoms with Crippen LogP contribution in [0.25, 0.3) is 0 Å². The van der Waals surface area contributed by atoms with Crippen molar-refractivity contribution in [2.24, 2.45) is 0 Å². The molecule has 0 fully saturated rings. The maximum absolute atomic E-state index is 13.6. The van der Waals surface area contributed by atoms with Crippen LogP contribution in [0.4, 0.5) is 10.1 Å². The third-order valence-corrected chi connectivity index (χ3v) is 3.19. The third kappa shape index (κ3) is 4.20. The van der Waals surface area contributed by atoms with Crippen LogP contribution in [0.3, 0.4) is 0 Å². The minimum atomic E-state index is -0.313. The highest BCUT2D eigenvalue weighted by atomic mass is 35.5. The molecule has 0 aliphatic carbocycles. The maximum atomic E-state index is 13.6. The van der Waals surface area contributed by atoms with E-state index in [4.69, 9.17) is 11.6 Å². The summed E-state index contributed by atoms with van der Waals surface area (Å²) in [4.78, 5) is 11.8. The molecule has 0 saturated heterocycles. The van der Waals surface area contributed by atoms with E-state index in [1.165, 1.54) is 12.1 Å². The topological polar surface area (TPSA) is 41.1 Å². The lowest BCUT2D eigenvalue weighted by molar-refractivity contribution is 0.0956. The van der Waals surface area contributed by atoms with E-state index in [-0.39, 0.29) is 11.7 Å². The zero-order valence-corrected chi connectivity index (χ0v) is 12.4. The van der Waals surface area contributed by atoms with Gasteiger partial charge in [-0.05, 0) is 43.3 Å². The van der Waals surface area contributed by atoms with Crippen molar-refractivity contribution in [3.8, 4) is 0 Å². The molecule has 2 aromatic rings. The standard InChI is InChI=1S/C16H16ClFN2O/c1-2-19-16(21)11-4-3-5-14(9-11)20-10-12-8-13(17)6-7-15(12)18/h3-9,20H,2,10H2,1H3,(H,19,21). The summed E-state index contributed by atoms with van der Waals surface area (Å²) < 4.78 is 13.6. The third-order valence-electron chi connectivity index (χ3n) is 2.95. The fraction of sp³-hybridized carbons (Fsp3) is 0.188. The summed E-state index contributed by atoms with van der Waals surface area (Å²) in [7, 11) is 0. The Labute approximate surface area is 128 Å². The summed E-state index contributed by atoms with van der Waals surface area (Å²) in [6.45, 7) is 2.73. The highest BCUT2D eigenvalue weighted by Crippen LogP contribution is 2.17. The van der Waals surface area contributed by atoms with Crippen molar-refractivity contribution in [1.29, 1.82) is 0 Å². The van der Waals surface area contributed by atoms with E-state index < -0.39 is 0 Å². The zero-order valence-electron chi connectivity index (χ0n) is 11.6. The van der Waals surface area contributed by atoms with Crippen molar-refractivity contribution >= 4 is 23.2 Å². The highest BCUT2D eigenvalue weighted by molar-refractivity contribution is 6.30. The van der Waals surface area contributed by atoms with E-state index in [0.29, 0.717) is 29.2 Å². The summed E-state index contributed by atoms with van der Waals surface area (Å²) in [5.41, 5.74) is 1.79. The van der Waals surface area contributed by atoms with Gasteiger partial charge in [-0.1, -0.05) is 17.7 Å². The van der Waals surface area contributed by atoms with Crippen LogP contribution in [0, 0.1) is 5.82 Å². The molecule has 1 amide bonds. The molecule has 0 aromatic heterocycles. The minimum absolute atomic E-state index is 0.130. The Morgan fingerprint density at radius 1 is 1.24 bits per heavy atom. The summed E-state index contributed by atoms with van der Waals surface area (Å²) in [6.07, 6.45) is 0. The highest BCUT2D eigenvalue weighted by Gasteiger charge is 2.06. The first-order valence-electron chi connectivity index (χ1n) is 6.66. The molecule has 0 heterocycles. The number of halogens is 2. The van der Waals surface area contributed by atoms with Gasteiger partial charge in [0.1, 0.15) is 5.82 Å². The van der Waals surface area contributed by atoms with Crippen molar-refractivity contribution < 1.29 is 9.18 Å². The van der Waals surface area contributed by atoms with E-state index in [9.17, 15) is 9.18 Å². The summed E-state index contributed by atoms with van der Waals surface area (Å²) in [5, 5.41) is 6.31. The SMILES string of the molecule is CCNC(=O)c1cccc(NCc2cc(Cl)ccc2F)c1. The van der Waals surface area contributed by atoms with Crippen LogP contribution in [0.2, 0.25) is 5.02 Å². The largest absolute Gasteiger partial charge is 0.381 e. The van der Waals surface area contributed by atoms with Gasteiger partial charge < -0.3 is 10.6 Å². The molecule has 110 valence electrons. The van der Waals surface area contributed by atoms with Gasteiger partial charge in [0, 0.05) is 34.9 Å². The number of carbonyl (C=O) groups excluding carboxylic acids is 1. The molecule has 5 heteroatoms. The molecule has 3 nitrogen and oxygen atoms in total. The Hall–Kier alpha value is -2.07. The van der Waals surface area contributed by atoms with Crippen molar-refractivity contribution in [3.63, 3.8) is 0 Å². The van der Waals surface area contributed by atoms with Crippen molar-refractivity contribution in [2.75, 3.05) is 11.9 Å². The van der Waals surface area contributed by atoms with E-state index >= 15 is 0 Å². The smallest absolute Gasteiger partial charge is 0.251 e. The average molecular weight is 307 g/mol. The van der Waals surface area contributed by atoms with E-state index in [2.05, 4.69) is 10.6 Å². The van der Waals surface area contributed by atoms with Crippen molar-refractivity contribution in [2.45, 2.75) is 13.5 Å². The van der Waals surface area contributed by atoms with E-state index in [1.54, 1.807) is 24.3 Å². The lowest BCUT2D eigenvalue weighted by Gasteiger charge is -2.09. The lowest BCUT2D eigenvalue weighted by atomic mass is 10.1. The second kappa shape index (κ2) is 7.09. The number of rotatable bonds is 5. The number of hydrogen-bond donors (Lipinski definition) is 2. The van der Waals surface area contributed by atoms with E-state index in [1.807, 2.05) is 13.0 Å². The molecule has 0 aliphatic rings. The Bertz CT molecular complexity index is 646. The molecule has 0 bridgehead atoms. The van der Waals surface area contributed by atoms with Gasteiger partial charge in [0.25, 0.3) is 5.91 Å². The lowest BCUT2D eigenvalue weighted by Crippen LogP contribution is -2.22. The van der Waals surface area contributed by atoms with Gasteiger partial charge in [0.15, 0.2) is 0 Å². The Balaban J connectivity index is 2.08. The minimum Gasteiger partial charge on any atom is -0.381 e. The summed E-state index contributed by atoms with van der Waals surface area (Å²) in [6, 6.07) is 11.5. The van der Waals surface area contributed by atoms with E-state index in [0.717, 1.165) is 5.69 Å². The molecule has 2 aromatic carbocycles. The molecule has 0 aliphatic heterocycles. The molecule has 0 spiro atoms. The molecular weight excluding hydrogens is 291 g/mol. The Morgan fingerprint density at radius 3 is 2.81 bits per heavy atom. The first-order valence-corrected chi connectivity index (χ1v) is 7.04. The number of benzene rings is 2. The molecule has 0 radical (unpaired) electrons. The van der Waals surface area contributed by atoms with Gasteiger partial charge in [0.05, 0.1) is 0 Å². The molecule has 21 heavy (non-hydrogen) atoms. The maximum Gasteiger partial charge on any atom is 0.251 e. The van der Waals surface area contributed by atoms with Crippen LogP contribution >= 0.6 is 11.6 Å². The van der Waals surface area contributed by atoms with Crippen LogP contribution < -0.4 is 10.6 Å². The second-order valence-corrected chi connectivity index (χ2v) is 4.97. The molecule has 2 rings (SSSR count). The fourth-order valence-corrected chi connectivity index (χ4v) is 2.10. The number of hydrogen-bond acceptors (Lipinski definition) is 2. The number of carbonyl (C=O) groups is 1. The van der Waals surface area contributed by atoms with Gasteiger partial charge in [-0.2, -0.15) is 0 Å². The van der Waals surface area contributed by atoms with Gasteiger partial charge in [-0.25, -0.2) is 4.39 Å². The molecular formula is C16H16ClFN2O. The zero-order chi connectivity index (χ0) is 15.2. The first-order chi connectivity index (χ1) is 10.1. The Kier molecular flexibility index (Phi) is 5.17. The quantitative estimate of drug-likeness (QED) is 0.881. The van der Waals surface area contributed by atoms with Gasteiger partial charge in [-0.3, -0.25) is 4.79 Å². The van der Waals surface area contributed by atoms with Gasteiger partial charge in [-0.15, -0.1) is 0 Å². The van der Waals surface area contributed by atoms with Crippen LogP contribution in [-0.4, -0.2) is 12.5 Å². The van der Waals surface area contributed by atoms with Crippen LogP contribution in [0.1, 0.15) is 22.8 Å². The van der Waals surface area contributed by atoms with Crippen LogP contribution in [-0.2, 0) is 6.54 Å². The number of amides is 1. The van der Waals surface area contributed by atoms with Crippen LogP contribution in [0.5, 0.6) is 0 Å². The van der Waals surface area contributed by atoms with Gasteiger partial charge >= 0.3 is 0 Å². The molecule has 0 unspecified atom stereocenters.